The first kappa shape index (κ1) is 20.7. The fourth-order valence-corrected chi connectivity index (χ4v) is 4.81. The lowest BCUT2D eigenvalue weighted by atomic mass is 10.0. The van der Waals surface area contributed by atoms with Crippen molar-refractivity contribution in [1.82, 2.24) is 14.3 Å². The number of hydrogen-bond donors (Lipinski definition) is 0. The molecule has 0 atom stereocenters. The van der Waals surface area contributed by atoms with Gasteiger partial charge in [0.2, 0.25) is 15.9 Å². The van der Waals surface area contributed by atoms with Crippen LogP contribution in [0, 0.1) is 0 Å². The van der Waals surface area contributed by atoms with Gasteiger partial charge in [-0.3, -0.25) is 4.99 Å². The molecule has 0 radical (unpaired) electrons. The van der Waals surface area contributed by atoms with Crippen LogP contribution in [0.3, 0.4) is 0 Å². The molecule has 0 N–H and O–H groups in total. The number of piperazine rings is 1. The van der Waals surface area contributed by atoms with Crippen molar-refractivity contribution >= 4 is 21.6 Å². The van der Waals surface area contributed by atoms with Crippen molar-refractivity contribution in [1.29, 1.82) is 0 Å². The third-order valence-electron chi connectivity index (χ3n) is 5.32. The number of hydrogen-bond acceptors (Lipinski definition) is 7. The van der Waals surface area contributed by atoms with Gasteiger partial charge in [-0.2, -0.15) is 4.31 Å². The third kappa shape index (κ3) is 4.17. The van der Waals surface area contributed by atoms with Gasteiger partial charge in [0.25, 0.3) is 0 Å². The van der Waals surface area contributed by atoms with Crippen molar-refractivity contribution < 1.29 is 13.2 Å². The molecule has 8 nitrogen and oxygen atoms in total. The average molecular weight is 430 g/mol. The summed E-state index contributed by atoms with van der Waals surface area (Å²) < 4.78 is 31.5. The normalized spacial score (nSPS) is 17.2. The molecule has 0 spiro atoms. The molecule has 160 valence electrons. The molecule has 2 aliphatic rings. The minimum Gasteiger partial charge on any atom is -0.475 e. The Morgan fingerprint density at radius 3 is 2.60 bits per heavy atom. The Kier molecular flexibility index (Phi) is 5.75. The summed E-state index contributed by atoms with van der Waals surface area (Å²) in [5.74, 6) is 1.57. The van der Waals surface area contributed by atoms with Crippen molar-refractivity contribution in [3.05, 3.63) is 47.3 Å². The Hall–Kier alpha value is -2.52. The van der Waals surface area contributed by atoms with E-state index < -0.39 is 10.0 Å². The Bertz CT molecular complexity index is 1060. The number of pyridine rings is 2. The van der Waals surface area contributed by atoms with Crippen molar-refractivity contribution in [2.45, 2.75) is 33.4 Å². The maximum absolute atomic E-state index is 12.1. The van der Waals surface area contributed by atoms with Gasteiger partial charge < -0.3 is 9.64 Å². The van der Waals surface area contributed by atoms with Gasteiger partial charge >= 0.3 is 0 Å². The van der Waals surface area contributed by atoms with Gasteiger partial charge in [0.1, 0.15) is 5.82 Å². The van der Waals surface area contributed by atoms with E-state index in [2.05, 4.69) is 14.9 Å². The van der Waals surface area contributed by atoms with Gasteiger partial charge in [-0.15, -0.1) is 0 Å². The summed E-state index contributed by atoms with van der Waals surface area (Å²) >= 11 is 0. The lowest BCUT2D eigenvalue weighted by molar-refractivity contribution is 0.232. The fraction of sp³-hybridized carbons (Fsp3) is 0.476. The predicted octanol–water partition coefficient (Wildman–Crippen LogP) is 2.09. The predicted molar refractivity (Wildman–Crippen MR) is 117 cm³/mol. The van der Waals surface area contributed by atoms with E-state index in [1.165, 1.54) is 0 Å². The molecule has 2 aromatic rings. The molecule has 0 unspecified atom stereocenters. The fourth-order valence-electron chi connectivity index (χ4n) is 3.73. The highest BCUT2D eigenvalue weighted by molar-refractivity contribution is 7.89. The highest BCUT2D eigenvalue weighted by atomic mass is 32.2. The molecule has 1 saturated heterocycles. The highest BCUT2D eigenvalue weighted by Gasteiger charge is 2.26. The Morgan fingerprint density at radius 1 is 1.13 bits per heavy atom. The number of rotatable bonds is 6. The standard InChI is InChI=1S/C21H27N5O3S/c1-4-30(27,28)26-9-7-25(8-10-26)19-11-16(5-6-22-19)21-18-12-20(29-15(2)3)23-13-17(18)14-24-21/h5-6,11-13,15H,4,7-10,14H2,1-3H3. The quantitative estimate of drug-likeness (QED) is 0.699. The van der Waals surface area contributed by atoms with E-state index in [4.69, 9.17) is 9.73 Å². The Balaban J connectivity index is 1.54. The molecule has 30 heavy (non-hydrogen) atoms. The summed E-state index contributed by atoms with van der Waals surface area (Å²) in [6.45, 7) is 8.44. The van der Waals surface area contributed by atoms with Crippen molar-refractivity contribution in [3.63, 3.8) is 0 Å². The molecule has 2 aromatic heterocycles. The highest BCUT2D eigenvalue weighted by Crippen LogP contribution is 2.27. The van der Waals surface area contributed by atoms with Crippen molar-refractivity contribution in [3.8, 4) is 5.88 Å². The van der Waals surface area contributed by atoms with Gasteiger partial charge in [0, 0.05) is 61.3 Å². The summed E-state index contributed by atoms with van der Waals surface area (Å²) in [6.07, 6.45) is 3.67. The molecule has 1 fully saturated rings. The molecule has 0 bridgehead atoms. The van der Waals surface area contributed by atoms with E-state index in [1.807, 2.05) is 38.2 Å². The number of nitrogens with zero attached hydrogens (tertiary/aromatic N) is 5. The van der Waals surface area contributed by atoms with Crippen LogP contribution in [0.15, 0.2) is 35.6 Å². The Morgan fingerprint density at radius 2 is 1.90 bits per heavy atom. The van der Waals surface area contributed by atoms with E-state index in [0.29, 0.717) is 38.6 Å². The summed E-state index contributed by atoms with van der Waals surface area (Å²) in [7, 11) is -3.15. The van der Waals surface area contributed by atoms with Crippen LogP contribution in [0.2, 0.25) is 0 Å². The second kappa shape index (κ2) is 8.31. The van der Waals surface area contributed by atoms with Crippen molar-refractivity contribution in [2.75, 3.05) is 36.8 Å². The van der Waals surface area contributed by atoms with Gasteiger partial charge in [0.05, 0.1) is 24.1 Å². The molecular weight excluding hydrogens is 402 g/mol. The number of fused-ring (bicyclic) bond motifs is 1. The van der Waals surface area contributed by atoms with E-state index in [0.717, 1.165) is 28.2 Å². The summed E-state index contributed by atoms with van der Waals surface area (Å²) in [5.41, 5.74) is 4.02. The number of aliphatic imine (C=N–C) groups is 1. The monoisotopic (exact) mass is 429 g/mol. The zero-order valence-corrected chi connectivity index (χ0v) is 18.4. The van der Waals surface area contributed by atoms with Crippen LogP contribution < -0.4 is 9.64 Å². The Labute approximate surface area is 177 Å². The van der Waals surface area contributed by atoms with E-state index in [1.54, 1.807) is 17.4 Å². The smallest absolute Gasteiger partial charge is 0.214 e. The zero-order valence-electron chi connectivity index (χ0n) is 17.6. The maximum Gasteiger partial charge on any atom is 0.214 e. The van der Waals surface area contributed by atoms with Crippen LogP contribution >= 0.6 is 0 Å². The second-order valence-electron chi connectivity index (χ2n) is 7.70. The van der Waals surface area contributed by atoms with E-state index in [-0.39, 0.29) is 11.9 Å². The number of anilines is 1. The second-order valence-corrected chi connectivity index (χ2v) is 9.96. The van der Waals surface area contributed by atoms with Crippen LogP contribution in [-0.2, 0) is 16.6 Å². The minimum absolute atomic E-state index is 0.0556. The SMILES string of the molecule is CCS(=O)(=O)N1CCN(c2cc(C3=NCc4cnc(OC(C)C)cc43)ccn2)CC1. The van der Waals surface area contributed by atoms with Gasteiger partial charge in [-0.05, 0) is 32.9 Å². The number of sulfonamides is 1. The molecule has 0 aliphatic carbocycles. The maximum atomic E-state index is 12.1. The third-order valence-corrected chi connectivity index (χ3v) is 7.20. The van der Waals surface area contributed by atoms with Crippen molar-refractivity contribution in [2.24, 2.45) is 4.99 Å². The topological polar surface area (TPSA) is 88.0 Å². The van der Waals surface area contributed by atoms with Crippen LogP contribution in [0.1, 0.15) is 37.5 Å². The number of aromatic nitrogens is 2. The largest absolute Gasteiger partial charge is 0.475 e. The first-order valence-electron chi connectivity index (χ1n) is 10.3. The average Bonchev–Trinajstić information content (AvgIpc) is 3.17. The molecule has 0 aromatic carbocycles. The lowest BCUT2D eigenvalue weighted by Gasteiger charge is -2.34. The molecule has 0 amide bonds. The van der Waals surface area contributed by atoms with Crippen LogP contribution in [0.4, 0.5) is 5.82 Å². The molecule has 9 heteroatoms. The summed E-state index contributed by atoms with van der Waals surface area (Å²) in [4.78, 5) is 15.7. The molecular formula is C21H27N5O3S. The summed E-state index contributed by atoms with van der Waals surface area (Å²) in [6, 6.07) is 5.94. The van der Waals surface area contributed by atoms with E-state index >= 15 is 0 Å². The summed E-state index contributed by atoms with van der Waals surface area (Å²) in [5, 5.41) is 0. The molecule has 4 rings (SSSR count). The lowest BCUT2D eigenvalue weighted by Crippen LogP contribution is -2.49. The van der Waals surface area contributed by atoms with Crippen LogP contribution in [0.5, 0.6) is 5.88 Å². The first-order chi connectivity index (χ1) is 14.4. The molecule has 0 saturated carbocycles. The van der Waals surface area contributed by atoms with E-state index in [9.17, 15) is 8.42 Å². The van der Waals surface area contributed by atoms with Crippen LogP contribution in [-0.4, -0.2) is 66.4 Å². The number of ether oxygens (including phenoxy) is 1. The first-order valence-corrected chi connectivity index (χ1v) is 11.9. The zero-order chi connectivity index (χ0) is 21.3. The van der Waals surface area contributed by atoms with Gasteiger partial charge in [0.15, 0.2) is 0 Å². The van der Waals surface area contributed by atoms with Crippen LogP contribution in [0.25, 0.3) is 0 Å². The van der Waals surface area contributed by atoms with Gasteiger partial charge in [-0.1, -0.05) is 0 Å². The minimum atomic E-state index is -3.15. The molecule has 4 heterocycles. The van der Waals surface area contributed by atoms with Gasteiger partial charge in [-0.25, -0.2) is 18.4 Å². The molecule has 2 aliphatic heterocycles.